The highest BCUT2D eigenvalue weighted by Gasteiger charge is 2.38. The smallest absolute Gasteiger partial charge is 0.227 e. The van der Waals surface area contributed by atoms with Crippen LogP contribution in [-0.2, 0) is 16.9 Å². The Hall–Kier alpha value is -2.50. The molecule has 0 atom stereocenters. The molecule has 1 aliphatic carbocycles. The highest BCUT2D eigenvalue weighted by Crippen LogP contribution is 2.43. The van der Waals surface area contributed by atoms with Crippen LogP contribution in [0.15, 0.2) is 54.7 Å². The topological polar surface area (TPSA) is 34.5 Å². The van der Waals surface area contributed by atoms with Crippen molar-refractivity contribution in [2.75, 3.05) is 20.7 Å². The van der Waals surface area contributed by atoms with Gasteiger partial charge in [-0.15, -0.1) is 0 Å². The van der Waals surface area contributed by atoms with Crippen LogP contribution in [-0.4, -0.2) is 36.1 Å². The Morgan fingerprint density at radius 2 is 1.87 bits per heavy atom. The number of carbonyl (C=O) groups excluding carboxylic acids is 1. The molecule has 0 unspecified atom stereocenters. The lowest BCUT2D eigenvalue weighted by atomic mass is 9.72. The normalized spacial score (nSPS) is 21.6. The van der Waals surface area contributed by atoms with Gasteiger partial charge in [-0.2, -0.15) is 0 Å². The molecule has 164 valence electrons. The molecule has 0 spiro atoms. The number of fused-ring (bicyclic) bond motifs is 1. The summed E-state index contributed by atoms with van der Waals surface area (Å²) >= 11 is 0. The van der Waals surface area contributed by atoms with Gasteiger partial charge in [-0.25, -0.2) is 4.39 Å². The van der Waals surface area contributed by atoms with E-state index in [9.17, 15) is 9.18 Å². The summed E-state index contributed by atoms with van der Waals surface area (Å²) in [6, 6.07) is 15.3. The van der Waals surface area contributed by atoms with Crippen molar-refractivity contribution in [3.63, 3.8) is 0 Å². The monoisotopic (exact) mass is 422 g/mol. The summed E-state index contributed by atoms with van der Waals surface area (Å²) in [5.41, 5.74) is 3.05. The van der Waals surface area contributed by atoms with Gasteiger partial charge < -0.3 is 4.74 Å². The van der Waals surface area contributed by atoms with Crippen molar-refractivity contribution in [3.05, 3.63) is 71.7 Å². The molecular weight excluding hydrogens is 391 g/mol. The minimum atomic E-state index is -0.303. The first-order valence-electron chi connectivity index (χ1n) is 11.0. The molecule has 4 nitrogen and oxygen atoms in total. The molecule has 0 aliphatic heterocycles. The SMILES string of the molecule is CC(=O)n1cc(COCC2CCC(c3ccccc3)(N(C)C)CC2)c2cc(F)ccc21. The van der Waals surface area contributed by atoms with Gasteiger partial charge in [0.15, 0.2) is 0 Å². The number of rotatable bonds is 6. The van der Waals surface area contributed by atoms with E-state index in [1.807, 2.05) is 0 Å². The van der Waals surface area contributed by atoms with Gasteiger partial charge in [0.05, 0.1) is 12.1 Å². The zero-order valence-corrected chi connectivity index (χ0v) is 18.6. The molecular formula is C26H31FN2O2. The lowest BCUT2D eigenvalue weighted by Crippen LogP contribution is -2.44. The summed E-state index contributed by atoms with van der Waals surface area (Å²) in [5, 5.41) is 0.745. The van der Waals surface area contributed by atoms with Crippen molar-refractivity contribution in [3.8, 4) is 0 Å². The molecule has 0 amide bonds. The maximum Gasteiger partial charge on any atom is 0.227 e. The van der Waals surface area contributed by atoms with Gasteiger partial charge >= 0.3 is 0 Å². The fourth-order valence-corrected chi connectivity index (χ4v) is 5.05. The number of hydrogen-bond donors (Lipinski definition) is 0. The van der Waals surface area contributed by atoms with Crippen LogP contribution in [0.25, 0.3) is 10.9 Å². The van der Waals surface area contributed by atoms with E-state index in [0.717, 1.165) is 42.1 Å². The highest BCUT2D eigenvalue weighted by molar-refractivity contribution is 5.93. The Morgan fingerprint density at radius 1 is 1.16 bits per heavy atom. The van der Waals surface area contributed by atoms with E-state index in [0.29, 0.717) is 19.1 Å². The minimum absolute atomic E-state index is 0.0870. The summed E-state index contributed by atoms with van der Waals surface area (Å²) in [7, 11) is 4.35. The van der Waals surface area contributed by atoms with E-state index in [2.05, 4.69) is 49.3 Å². The van der Waals surface area contributed by atoms with Crippen molar-refractivity contribution < 1.29 is 13.9 Å². The Bertz CT molecular complexity index is 1050. The molecule has 2 aromatic carbocycles. The molecule has 1 heterocycles. The van der Waals surface area contributed by atoms with E-state index in [4.69, 9.17) is 4.74 Å². The summed E-state index contributed by atoms with van der Waals surface area (Å²) in [5.74, 6) is 0.119. The second-order valence-corrected chi connectivity index (χ2v) is 8.96. The van der Waals surface area contributed by atoms with Crippen molar-refractivity contribution in [1.82, 2.24) is 9.47 Å². The Balaban J connectivity index is 1.40. The number of hydrogen-bond acceptors (Lipinski definition) is 3. The first-order chi connectivity index (χ1) is 14.9. The zero-order chi connectivity index (χ0) is 22.0. The number of benzene rings is 2. The number of carbonyl (C=O) groups is 1. The second kappa shape index (κ2) is 8.93. The molecule has 31 heavy (non-hydrogen) atoms. The van der Waals surface area contributed by atoms with Crippen molar-refractivity contribution in [1.29, 1.82) is 0 Å². The van der Waals surface area contributed by atoms with E-state index < -0.39 is 0 Å². The molecule has 4 rings (SSSR count). The highest BCUT2D eigenvalue weighted by atomic mass is 19.1. The maximum absolute atomic E-state index is 13.8. The Kier molecular flexibility index (Phi) is 6.26. The van der Waals surface area contributed by atoms with Gasteiger partial charge in [0, 0.05) is 36.2 Å². The molecule has 3 aromatic rings. The molecule has 1 fully saturated rings. The zero-order valence-electron chi connectivity index (χ0n) is 18.6. The predicted molar refractivity (Wildman–Crippen MR) is 122 cm³/mol. The molecule has 1 aromatic heterocycles. The molecule has 0 radical (unpaired) electrons. The van der Waals surface area contributed by atoms with Crippen molar-refractivity contribution in [2.45, 2.75) is 44.8 Å². The van der Waals surface area contributed by atoms with E-state index >= 15 is 0 Å². The van der Waals surface area contributed by atoms with Gasteiger partial charge in [0.1, 0.15) is 5.82 Å². The van der Waals surface area contributed by atoms with Crippen LogP contribution in [0.5, 0.6) is 0 Å². The summed E-state index contributed by atoms with van der Waals surface area (Å²) in [6.07, 6.45) is 6.20. The third-order valence-corrected chi connectivity index (χ3v) is 6.90. The lowest BCUT2D eigenvalue weighted by molar-refractivity contribution is 0.0290. The molecule has 1 saturated carbocycles. The summed E-state index contributed by atoms with van der Waals surface area (Å²) in [4.78, 5) is 14.3. The third kappa shape index (κ3) is 4.30. The van der Waals surface area contributed by atoms with Crippen LogP contribution >= 0.6 is 0 Å². The summed E-state index contributed by atoms with van der Waals surface area (Å²) in [6.45, 7) is 2.58. The predicted octanol–water partition coefficient (Wildman–Crippen LogP) is 5.60. The summed E-state index contributed by atoms with van der Waals surface area (Å²) < 4.78 is 21.4. The fraction of sp³-hybridized carbons (Fsp3) is 0.423. The number of ether oxygens (including phenoxy) is 1. The number of nitrogens with zero attached hydrogens (tertiary/aromatic N) is 2. The van der Waals surface area contributed by atoms with Gasteiger partial charge in [-0.3, -0.25) is 14.3 Å². The van der Waals surface area contributed by atoms with Gasteiger partial charge in [-0.1, -0.05) is 30.3 Å². The molecule has 0 bridgehead atoms. The van der Waals surface area contributed by atoms with Crippen molar-refractivity contribution >= 4 is 16.8 Å². The molecule has 0 saturated heterocycles. The average molecular weight is 423 g/mol. The van der Waals surface area contributed by atoms with Crippen molar-refractivity contribution in [2.24, 2.45) is 5.92 Å². The quantitative estimate of drug-likeness (QED) is 0.518. The molecule has 5 heteroatoms. The van der Waals surface area contributed by atoms with Gasteiger partial charge in [0.2, 0.25) is 5.91 Å². The van der Waals surface area contributed by atoms with Crippen LogP contribution in [0.1, 0.15) is 48.5 Å². The first-order valence-corrected chi connectivity index (χ1v) is 11.0. The van der Waals surface area contributed by atoms with E-state index in [1.165, 1.54) is 24.6 Å². The van der Waals surface area contributed by atoms with Gasteiger partial charge in [0.25, 0.3) is 0 Å². The number of aromatic nitrogens is 1. The van der Waals surface area contributed by atoms with Crippen LogP contribution in [0.4, 0.5) is 4.39 Å². The molecule has 1 aliphatic rings. The fourth-order valence-electron chi connectivity index (χ4n) is 5.05. The maximum atomic E-state index is 13.8. The van der Waals surface area contributed by atoms with Crippen LogP contribution in [0, 0.1) is 11.7 Å². The Morgan fingerprint density at radius 3 is 2.52 bits per heavy atom. The van der Waals surface area contributed by atoms with Gasteiger partial charge in [-0.05, 0) is 69.5 Å². The largest absolute Gasteiger partial charge is 0.376 e. The van der Waals surface area contributed by atoms with E-state index in [1.54, 1.807) is 16.8 Å². The van der Waals surface area contributed by atoms with Crippen LogP contribution < -0.4 is 0 Å². The standard InChI is InChI=1S/C26H31FN2O2/c1-19(30)29-16-21(24-15-23(27)9-10-25(24)29)18-31-17-20-11-13-26(14-12-20,28(2)3)22-7-5-4-6-8-22/h4-10,15-16,20H,11-14,17-18H2,1-3H3. The van der Waals surface area contributed by atoms with Crippen LogP contribution in [0.3, 0.4) is 0 Å². The van der Waals surface area contributed by atoms with Crippen LogP contribution in [0.2, 0.25) is 0 Å². The number of halogens is 1. The first kappa shape index (κ1) is 21.7. The lowest BCUT2D eigenvalue weighted by Gasteiger charge is -2.45. The second-order valence-electron chi connectivity index (χ2n) is 8.96. The molecule has 0 N–H and O–H groups in total. The van der Waals surface area contributed by atoms with E-state index in [-0.39, 0.29) is 17.3 Å². The third-order valence-electron chi connectivity index (χ3n) is 6.90. The average Bonchev–Trinajstić information content (AvgIpc) is 3.13. The Labute approximate surface area is 183 Å². The minimum Gasteiger partial charge on any atom is -0.376 e.